The summed E-state index contributed by atoms with van der Waals surface area (Å²) in [5, 5.41) is 0.199. The van der Waals surface area contributed by atoms with Crippen LogP contribution in [0.3, 0.4) is 0 Å². The minimum absolute atomic E-state index is 0.0766. The Bertz CT molecular complexity index is 586. The van der Waals surface area contributed by atoms with E-state index in [0.717, 1.165) is 12.1 Å². The van der Waals surface area contributed by atoms with Crippen molar-refractivity contribution < 1.29 is 8.42 Å². The Labute approximate surface area is 132 Å². The van der Waals surface area contributed by atoms with Gasteiger partial charge in [-0.2, -0.15) is 0 Å². The minimum Gasteiger partial charge on any atom is -0.326 e. The van der Waals surface area contributed by atoms with Crippen LogP contribution in [0.5, 0.6) is 0 Å². The predicted octanol–water partition coefficient (Wildman–Crippen LogP) is 1.66. The van der Waals surface area contributed by atoms with E-state index in [1.165, 1.54) is 6.07 Å². The van der Waals surface area contributed by atoms with E-state index in [1.807, 2.05) is 32.8 Å². The highest BCUT2D eigenvalue weighted by molar-refractivity contribution is 7.89. The summed E-state index contributed by atoms with van der Waals surface area (Å²) >= 11 is 6.00. The second-order valence-electron chi connectivity index (χ2n) is 6.20. The summed E-state index contributed by atoms with van der Waals surface area (Å²) in [6.07, 6.45) is 0. The third kappa shape index (κ3) is 5.56. The van der Waals surface area contributed by atoms with Gasteiger partial charge in [-0.3, -0.25) is 0 Å². The number of nitrogens with zero attached hydrogens (tertiary/aromatic N) is 1. The maximum atomic E-state index is 12.4. The van der Waals surface area contributed by atoms with E-state index in [1.54, 1.807) is 12.1 Å². The Morgan fingerprint density at radius 3 is 2.48 bits per heavy atom. The largest absolute Gasteiger partial charge is 0.326 e. The summed E-state index contributed by atoms with van der Waals surface area (Å²) < 4.78 is 27.4. The van der Waals surface area contributed by atoms with Crippen LogP contribution in [0.4, 0.5) is 0 Å². The lowest BCUT2D eigenvalue weighted by atomic mass is 9.93. The molecule has 0 aromatic heterocycles. The molecule has 0 fully saturated rings. The number of hydrogen-bond donors (Lipinski definition) is 2. The maximum absolute atomic E-state index is 12.4. The molecule has 0 spiro atoms. The smallest absolute Gasteiger partial charge is 0.242 e. The van der Waals surface area contributed by atoms with E-state index in [0.29, 0.717) is 6.54 Å². The summed E-state index contributed by atoms with van der Waals surface area (Å²) in [4.78, 5) is 2.10. The van der Waals surface area contributed by atoms with Crippen molar-refractivity contribution in [1.29, 1.82) is 0 Å². The fourth-order valence-corrected chi connectivity index (χ4v) is 3.95. The lowest BCUT2D eigenvalue weighted by Gasteiger charge is -2.28. The lowest BCUT2D eigenvalue weighted by Crippen LogP contribution is -2.40. The summed E-state index contributed by atoms with van der Waals surface area (Å²) in [5.74, 6) is 0. The molecule has 0 unspecified atom stereocenters. The fraction of sp³-hybridized carbons (Fsp3) is 0.571. The second kappa shape index (κ2) is 7.07. The van der Waals surface area contributed by atoms with Gasteiger partial charge in [0.25, 0.3) is 0 Å². The van der Waals surface area contributed by atoms with Gasteiger partial charge in [-0.25, -0.2) is 13.1 Å². The van der Waals surface area contributed by atoms with Crippen molar-refractivity contribution in [2.45, 2.75) is 25.3 Å². The van der Waals surface area contributed by atoms with Crippen LogP contribution in [-0.2, 0) is 16.6 Å². The minimum atomic E-state index is -3.65. The highest BCUT2D eigenvalue weighted by Crippen LogP contribution is 2.23. The quantitative estimate of drug-likeness (QED) is 0.795. The number of nitrogens with one attached hydrogen (secondary N) is 1. The van der Waals surface area contributed by atoms with Crippen molar-refractivity contribution in [2.75, 3.05) is 27.2 Å². The van der Waals surface area contributed by atoms with Gasteiger partial charge >= 0.3 is 0 Å². The zero-order chi connectivity index (χ0) is 16.3. The SMILES string of the molecule is CN(C)CC(C)(C)CNS(=O)(=O)c1cc(CN)ccc1Cl. The number of nitrogens with two attached hydrogens (primary N) is 1. The first-order chi connectivity index (χ1) is 9.57. The van der Waals surface area contributed by atoms with Crippen molar-refractivity contribution in [1.82, 2.24) is 9.62 Å². The molecule has 0 radical (unpaired) electrons. The van der Waals surface area contributed by atoms with Gasteiger partial charge in [0.1, 0.15) is 4.90 Å². The molecule has 5 nitrogen and oxygen atoms in total. The van der Waals surface area contributed by atoms with Gasteiger partial charge < -0.3 is 10.6 Å². The van der Waals surface area contributed by atoms with Gasteiger partial charge in [-0.15, -0.1) is 0 Å². The first kappa shape index (κ1) is 18.4. The van der Waals surface area contributed by atoms with E-state index in [4.69, 9.17) is 17.3 Å². The predicted molar refractivity (Wildman–Crippen MR) is 86.9 cm³/mol. The average molecular weight is 334 g/mol. The Morgan fingerprint density at radius 1 is 1.33 bits per heavy atom. The molecule has 1 aromatic carbocycles. The highest BCUT2D eigenvalue weighted by atomic mass is 35.5. The molecule has 120 valence electrons. The van der Waals surface area contributed by atoms with Gasteiger partial charge in [0.15, 0.2) is 0 Å². The van der Waals surface area contributed by atoms with Crippen LogP contribution in [0.15, 0.2) is 23.1 Å². The third-order valence-electron chi connectivity index (χ3n) is 3.01. The van der Waals surface area contributed by atoms with Gasteiger partial charge in [-0.05, 0) is 37.2 Å². The Balaban J connectivity index is 2.92. The molecule has 0 aliphatic heterocycles. The van der Waals surface area contributed by atoms with Gasteiger partial charge in [-0.1, -0.05) is 31.5 Å². The van der Waals surface area contributed by atoms with Crippen molar-refractivity contribution in [3.8, 4) is 0 Å². The van der Waals surface area contributed by atoms with E-state index in [-0.39, 0.29) is 21.9 Å². The van der Waals surface area contributed by atoms with Crippen LogP contribution in [-0.4, -0.2) is 40.5 Å². The third-order valence-corrected chi connectivity index (χ3v) is 4.89. The number of halogens is 1. The number of benzene rings is 1. The summed E-state index contributed by atoms with van der Waals surface area (Å²) in [5.41, 5.74) is 6.09. The Hall–Kier alpha value is -0.660. The molecule has 21 heavy (non-hydrogen) atoms. The number of hydrogen-bond acceptors (Lipinski definition) is 4. The zero-order valence-electron chi connectivity index (χ0n) is 13.0. The van der Waals surface area contributed by atoms with Crippen LogP contribution in [0.1, 0.15) is 19.4 Å². The monoisotopic (exact) mass is 333 g/mol. The van der Waals surface area contributed by atoms with Crippen molar-refractivity contribution in [3.05, 3.63) is 28.8 Å². The molecule has 0 saturated heterocycles. The maximum Gasteiger partial charge on any atom is 0.242 e. The van der Waals surface area contributed by atoms with Crippen molar-refractivity contribution in [2.24, 2.45) is 11.1 Å². The standard InChI is InChI=1S/C14H24ClN3O2S/c1-14(2,10-18(3)4)9-17-21(19,20)13-7-11(8-16)5-6-12(13)15/h5-7,17H,8-10,16H2,1-4H3. The summed E-state index contributed by atoms with van der Waals surface area (Å²) in [6, 6.07) is 4.80. The van der Waals surface area contributed by atoms with E-state index < -0.39 is 10.0 Å². The van der Waals surface area contributed by atoms with Crippen molar-refractivity contribution in [3.63, 3.8) is 0 Å². The molecule has 3 N–H and O–H groups in total. The van der Waals surface area contributed by atoms with Gasteiger partial charge in [0.2, 0.25) is 10.0 Å². The normalized spacial score (nSPS) is 12.9. The Morgan fingerprint density at radius 2 is 1.95 bits per heavy atom. The van der Waals surface area contributed by atoms with E-state index in [2.05, 4.69) is 4.72 Å². The average Bonchev–Trinajstić information content (AvgIpc) is 2.36. The van der Waals surface area contributed by atoms with Crippen molar-refractivity contribution >= 4 is 21.6 Å². The molecule has 0 bridgehead atoms. The molecule has 0 atom stereocenters. The Kier molecular flexibility index (Phi) is 6.19. The number of rotatable bonds is 7. The summed E-state index contributed by atoms with van der Waals surface area (Å²) in [7, 11) is 0.264. The molecule has 1 aromatic rings. The van der Waals surface area contributed by atoms with Crippen LogP contribution in [0.25, 0.3) is 0 Å². The van der Waals surface area contributed by atoms with E-state index >= 15 is 0 Å². The van der Waals surface area contributed by atoms with Crippen LogP contribution >= 0.6 is 11.6 Å². The summed E-state index contributed by atoms with van der Waals surface area (Å²) in [6.45, 7) is 5.38. The molecule has 0 aliphatic rings. The molecule has 1 rings (SSSR count). The van der Waals surface area contributed by atoms with Gasteiger partial charge in [0.05, 0.1) is 5.02 Å². The zero-order valence-corrected chi connectivity index (χ0v) is 14.6. The van der Waals surface area contributed by atoms with Crippen LogP contribution in [0, 0.1) is 5.41 Å². The molecule has 0 heterocycles. The molecule has 0 aliphatic carbocycles. The fourth-order valence-electron chi connectivity index (χ4n) is 2.16. The van der Waals surface area contributed by atoms with E-state index in [9.17, 15) is 8.42 Å². The molecular formula is C14H24ClN3O2S. The second-order valence-corrected chi connectivity index (χ2v) is 8.34. The highest BCUT2D eigenvalue weighted by Gasteiger charge is 2.24. The van der Waals surface area contributed by atoms with Crippen LogP contribution < -0.4 is 10.5 Å². The molecule has 7 heteroatoms. The molecular weight excluding hydrogens is 310 g/mol. The van der Waals surface area contributed by atoms with Gasteiger partial charge in [0, 0.05) is 19.6 Å². The lowest BCUT2D eigenvalue weighted by molar-refractivity contribution is 0.242. The van der Waals surface area contributed by atoms with Crippen LogP contribution in [0.2, 0.25) is 5.02 Å². The molecule has 0 saturated carbocycles. The topological polar surface area (TPSA) is 75.4 Å². The first-order valence-electron chi connectivity index (χ1n) is 6.70. The molecule has 0 amide bonds. The first-order valence-corrected chi connectivity index (χ1v) is 8.56. The number of sulfonamides is 1.